The van der Waals surface area contributed by atoms with Crippen molar-refractivity contribution in [2.45, 2.75) is 11.1 Å². The van der Waals surface area contributed by atoms with E-state index in [2.05, 4.69) is 36.3 Å². The van der Waals surface area contributed by atoms with E-state index in [0.717, 1.165) is 0 Å². The standard InChI is InChI=1S/C22H18F3N9O4S2/c23-22(24,25)19(35)29-28-13-7-9-14(10-8-13)31-40(37,38)18-6-2-4-16(12-18)27-20(36)26-15-3-1-5-17(11-15)34-21(39)30-32-33-34/h1-12,28,31H,(H,29,35)(H2,26,27,36)(H,30,33,39). The number of alkyl halides is 3. The minimum absolute atomic E-state index is 0.0766. The summed E-state index contributed by atoms with van der Waals surface area (Å²) >= 11 is 5.06. The zero-order valence-electron chi connectivity index (χ0n) is 19.9. The number of anilines is 4. The lowest BCUT2D eigenvalue weighted by atomic mass is 10.3. The number of nitrogens with one attached hydrogen (secondary N) is 6. The van der Waals surface area contributed by atoms with Crippen LogP contribution in [0.15, 0.2) is 77.7 Å². The zero-order chi connectivity index (χ0) is 28.9. The number of tetrazole rings is 1. The lowest BCUT2D eigenvalue weighted by Gasteiger charge is -2.13. The molecule has 1 aromatic heterocycles. The molecule has 0 aliphatic heterocycles. The van der Waals surface area contributed by atoms with Crippen LogP contribution >= 0.6 is 12.2 Å². The van der Waals surface area contributed by atoms with E-state index in [0.29, 0.717) is 11.4 Å². The SMILES string of the molecule is O=C(Nc1cccc(-n2[nH]nnc2=S)c1)Nc1cccc(S(=O)(=O)Nc2ccc(NNC(=O)C(F)(F)F)cc2)c1. The quantitative estimate of drug-likeness (QED) is 0.132. The van der Waals surface area contributed by atoms with E-state index in [9.17, 15) is 31.2 Å². The molecule has 208 valence electrons. The number of sulfonamides is 1. The molecule has 18 heteroatoms. The van der Waals surface area contributed by atoms with Crippen molar-refractivity contribution in [3.05, 3.63) is 77.6 Å². The van der Waals surface area contributed by atoms with Crippen LogP contribution in [-0.4, -0.2) is 46.7 Å². The van der Waals surface area contributed by atoms with Crippen molar-refractivity contribution in [3.63, 3.8) is 0 Å². The van der Waals surface area contributed by atoms with Crippen molar-refractivity contribution in [3.8, 4) is 5.69 Å². The van der Waals surface area contributed by atoms with Crippen LogP contribution in [0.1, 0.15) is 0 Å². The Hall–Kier alpha value is -4.97. The Kier molecular flexibility index (Phi) is 8.00. The number of nitrogens with zero attached hydrogens (tertiary/aromatic N) is 3. The molecule has 0 unspecified atom stereocenters. The third-order valence-corrected chi connectivity index (χ3v) is 6.59. The Labute approximate surface area is 228 Å². The molecule has 3 amide bonds. The summed E-state index contributed by atoms with van der Waals surface area (Å²) in [7, 11) is -4.11. The van der Waals surface area contributed by atoms with Crippen LogP contribution < -0.4 is 26.2 Å². The predicted octanol–water partition coefficient (Wildman–Crippen LogP) is 3.78. The Morgan fingerprint density at radius 1 is 0.875 bits per heavy atom. The van der Waals surface area contributed by atoms with Gasteiger partial charge < -0.3 is 10.6 Å². The second-order valence-electron chi connectivity index (χ2n) is 7.84. The van der Waals surface area contributed by atoms with Gasteiger partial charge in [-0.15, -0.1) is 0 Å². The number of H-pyrrole nitrogens is 1. The molecule has 6 N–H and O–H groups in total. The Morgan fingerprint density at radius 2 is 1.50 bits per heavy atom. The smallest absolute Gasteiger partial charge is 0.308 e. The molecule has 0 saturated carbocycles. The van der Waals surface area contributed by atoms with Crippen LogP contribution in [0.25, 0.3) is 5.69 Å². The van der Waals surface area contributed by atoms with E-state index >= 15 is 0 Å². The molecule has 0 fully saturated rings. The van der Waals surface area contributed by atoms with Crippen molar-refractivity contribution >= 4 is 56.9 Å². The van der Waals surface area contributed by atoms with Gasteiger partial charge in [0.25, 0.3) is 10.0 Å². The first kappa shape index (κ1) is 28.0. The number of benzene rings is 3. The second-order valence-corrected chi connectivity index (χ2v) is 9.88. The molecule has 13 nitrogen and oxygen atoms in total. The van der Waals surface area contributed by atoms with Crippen LogP contribution in [0.5, 0.6) is 0 Å². The lowest BCUT2D eigenvalue weighted by Crippen LogP contribution is -2.40. The number of carbonyl (C=O) groups excluding carboxylic acids is 2. The van der Waals surface area contributed by atoms with E-state index in [-0.39, 0.29) is 26.7 Å². The minimum atomic E-state index is -5.06. The summed E-state index contributed by atoms with van der Waals surface area (Å²) in [6, 6.07) is 16.5. The molecule has 40 heavy (non-hydrogen) atoms. The van der Waals surface area contributed by atoms with Gasteiger partial charge in [0.05, 0.1) is 16.3 Å². The highest BCUT2D eigenvalue weighted by molar-refractivity contribution is 7.92. The van der Waals surface area contributed by atoms with Crippen LogP contribution in [0.3, 0.4) is 0 Å². The fourth-order valence-corrected chi connectivity index (χ4v) is 4.45. The van der Waals surface area contributed by atoms with Gasteiger partial charge in [-0.05, 0) is 72.9 Å². The summed E-state index contributed by atoms with van der Waals surface area (Å²) in [6.45, 7) is 0. The molecule has 0 radical (unpaired) electrons. The maximum absolute atomic E-state index is 12.9. The Bertz CT molecular complexity index is 1710. The molecule has 0 saturated heterocycles. The summed E-state index contributed by atoms with van der Waals surface area (Å²) in [4.78, 5) is 23.2. The van der Waals surface area contributed by atoms with Gasteiger partial charge >= 0.3 is 18.1 Å². The van der Waals surface area contributed by atoms with E-state index < -0.39 is 28.1 Å². The third kappa shape index (κ3) is 7.11. The van der Waals surface area contributed by atoms with Crippen molar-refractivity contribution in [1.29, 1.82) is 0 Å². The molecular formula is C22H18F3N9O4S2. The topological polar surface area (TPSA) is 175 Å². The molecule has 0 aliphatic rings. The monoisotopic (exact) mass is 593 g/mol. The number of carbonyl (C=O) groups is 2. The number of halogens is 3. The highest BCUT2D eigenvalue weighted by Crippen LogP contribution is 2.22. The van der Waals surface area contributed by atoms with Gasteiger partial charge in [-0.25, -0.2) is 17.9 Å². The number of hydrazine groups is 1. The Balaban J connectivity index is 1.38. The normalized spacial score (nSPS) is 11.4. The lowest BCUT2D eigenvalue weighted by molar-refractivity contribution is -0.173. The van der Waals surface area contributed by atoms with Gasteiger partial charge in [-0.1, -0.05) is 22.4 Å². The maximum Gasteiger partial charge on any atom is 0.472 e. The van der Waals surface area contributed by atoms with Gasteiger partial charge in [0.2, 0.25) is 4.77 Å². The molecule has 0 bridgehead atoms. The average Bonchev–Trinajstić information content (AvgIpc) is 3.33. The molecule has 4 rings (SSSR count). The first-order valence-electron chi connectivity index (χ1n) is 11.0. The fraction of sp³-hybridized carbons (Fsp3) is 0.0455. The van der Waals surface area contributed by atoms with Crippen LogP contribution in [0.2, 0.25) is 0 Å². The predicted molar refractivity (Wildman–Crippen MR) is 141 cm³/mol. The van der Waals surface area contributed by atoms with Crippen molar-refractivity contribution in [1.82, 2.24) is 25.6 Å². The Morgan fingerprint density at radius 3 is 2.12 bits per heavy atom. The highest BCUT2D eigenvalue weighted by atomic mass is 32.2. The summed E-state index contributed by atoms with van der Waals surface area (Å²) in [6.07, 6.45) is -5.06. The minimum Gasteiger partial charge on any atom is -0.308 e. The molecule has 1 heterocycles. The van der Waals surface area contributed by atoms with Gasteiger partial charge in [0.1, 0.15) is 0 Å². The van der Waals surface area contributed by atoms with Crippen LogP contribution in [-0.2, 0) is 14.8 Å². The molecular weight excluding hydrogens is 575 g/mol. The first-order chi connectivity index (χ1) is 18.9. The van der Waals surface area contributed by atoms with Crippen LogP contribution in [0, 0.1) is 4.77 Å². The fourth-order valence-electron chi connectivity index (χ4n) is 3.16. The number of hydrogen-bond acceptors (Lipinski definition) is 8. The highest BCUT2D eigenvalue weighted by Gasteiger charge is 2.38. The molecule has 0 spiro atoms. The number of amides is 3. The van der Waals surface area contributed by atoms with Gasteiger partial charge in [0.15, 0.2) is 0 Å². The van der Waals surface area contributed by atoms with Gasteiger partial charge in [0, 0.05) is 17.1 Å². The first-order valence-corrected chi connectivity index (χ1v) is 12.8. The maximum atomic E-state index is 12.9. The zero-order valence-corrected chi connectivity index (χ0v) is 21.5. The number of aromatic amines is 1. The average molecular weight is 594 g/mol. The molecule has 3 aromatic carbocycles. The molecule has 0 atom stereocenters. The summed E-state index contributed by atoms with van der Waals surface area (Å²) in [5, 5.41) is 15.1. The van der Waals surface area contributed by atoms with Gasteiger partial charge in [-0.2, -0.15) is 18.4 Å². The van der Waals surface area contributed by atoms with Crippen molar-refractivity contribution in [2.75, 3.05) is 20.8 Å². The van der Waals surface area contributed by atoms with E-state index in [1.54, 1.807) is 24.3 Å². The van der Waals surface area contributed by atoms with Gasteiger partial charge in [-0.3, -0.25) is 20.4 Å². The van der Waals surface area contributed by atoms with E-state index in [1.165, 1.54) is 58.6 Å². The molecule has 0 aliphatic carbocycles. The van der Waals surface area contributed by atoms with Crippen molar-refractivity contribution < 1.29 is 31.2 Å². The number of urea groups is 1. The number of rotatable bonds is 8. The summed E-state index contributed by atoms with van der Waals surface area (Å²) in [5.41, 5.74) is 4.88. The molecule has 4 aromatic rings. The van der Waals surface area contributed by atoms with E-state index in [4.69, 9.17) is 12.2 Å². The number of hydrogen-bond donors (Lipinski definition) is 6. The van der Waals surface area contributed by atoms with Crippen molar-refractivity contribution in [2.24, 2.45) is 0 Å². The largest absolute Gasteiger partial charge is 0.472 e. The summed E-state index contributed by atoms with van der Waals surface area (Å²) < 4.78 is 66.5. The number of aromatic nitrogens is 4. The second kappa shape index (κ2) is 11.4. The van der Waals surface area contributed by atoms with E-state index in [1.807, 2.05) is 0 Å². The van der Waals surface area contributed by atoms with Crippen LogP contribution in [0.4, 0.5) is 40.7 Å². The summed E-state index contributed by atoms with van der Waals surface area (Å²) in [5.74, 6) is -2.19. The third-order valence-electron chi connectivity index (χ3n) is 4.95.